The first-order chi connectivity index (χ1) is 18.8. The second-order valence-corrected chi connectivity index (χ2v) is 9.57. The maximum absolute atomic E-state index is 11.9. The summed E-state index contributed by atoms with van der Waals surface area (Å²) in [6.45, 7) is 7.30. The molecule has 0 bridgehead atoms. The molecule has 0 aliphatic carbocycles. The van der Waals surface area contributed by atoms with Crippen LogP contribution in [0.1, 0.15) is 38.9 Å². The van der Waals surface area contributed by atoms with Gasteiger partial charge in [-0.1, -0.05) is 30.3 Å². The fourth-order valence-electron chi connectivity index (χ4n) is 4.20. The third-order valence-corrected chi connectivity index (χ3v) is 6.31. The van der Waals surface area contributed by atoms with Crippen molar-refractivity contribution in [1.29, 1.82) is 0 Å². The molecule has 214 valence electrons. The Morgan fingerprint density at radius 3 is 1.65 bits per heavy atom. The number of carboxylic acids is 2. The van der Waals surface area contributed by atoms with Crippen LogP contribution in [0.4, 0.5) is 4.79 Å². The Morgan fingerprint density at radius 1 is 0.775 bits per heavy atom. The van der Waals surface area contributed by atoms with E-state index in [0.29, 0.717) is 0 Å². The van der Waals surface area contributed by atoms with Gasteiger partial charge in [0.1, 0.15) is 30.2 Å². The second-order valence-electron chi connectivity index (χ2n) is 9.57. The first kappa shape index (κ1) is 31.6. The number of hydrogen-bond acceptors (Lipinski definition) is 7. The highest BCUT2D eigenvalue weighted by molar-refractivity contribution is 5.80. The van der Waals surface area contributed by atoms with E-state index in [9.17, 15) is 29.7 Å². The number of benzene rings is 3. The van der Waals surface area contributed by atoms with Crippen molar-refractivity contribution in [2.75, 3.05) is 0 Å². The van der Waals surface area contributed by atoms with E-state index in [1.165, 1.54) is 0 Å². The Hall–Kier alpha value is -4.57. The topological polar surface area (TPSA) is 179 Å². The number of carbonyl (C=O) groups is 3. The van der Waals surface area contributed by atoms with Gasteiger partial charge in [0.25, 0.3) is 0 Å². The number of amides is 1. The number of phenols is 2. The van der Waals surface area contributed by atoms with Crippen LogP contribution in [-0.2, 0) is 33.8 Å². The Kier molecular flexibility index (Phi) is 11.5. The average Bonchev–Trinajstić information content (AvgIpc) is 2.87. The van der Waals surface area contributed by atoms with Crippen molar-refractivity contribution >= 4 is 18.0 Å². The van der Waals surface area contributed by atoms with Gasteiger partial charge in [0, 0.05) is 6.42 Å². The molecule has 0 spiro atoms. The molecule has 0 heterocycles. The number of carboxylic acid groups (broad SMARTS) is 2. The molecule has 3 aromatic carbocycles. The minimum atomic E-state index is -1.15. The molecule has 2 unspecified atom stereocenters. The van der Waals surface area contributed by atoms with Gasteiger partial charge in [0.2, 0.25) is 0 Å². The lowest BCUT2D eigenvalue weighted by Crippen LogP contribution is -2.42. The Morgan fingerprint density at radius 2 is 1.23 bits per heavy atom. The van der Waals surface area contributed by atoms with Crippen LogP contribution in [0.15, 0.2) is 54.6 Å². The number of phenolic OH excluding ortho intramolecular Hbond substituents is 2. The number of aryl methyl sites for hydroxylation is 4. The average molecular weight is 553 g/mol. The summed E-state index contributed by atoms with van der Waals surface area (Å²) >= 11 is 0. The van der Waals surface area contributed by atoms with E-state index in [-0.39, 0.29) is 30.9 Å². The van der Waals surface area contributed by atoms with Crippen molar-refractivity contribution < 1.29 is 39.5 Å². The summed E-state index contributed by atoms with van der Waals surface area (Å²) in [5.41, 5.74) is 11.2. The van der Waals surface area contributed by atoms with E-state index in [4.69, 9.17) is 15.6 Å². The number of rotatable bonds is 9. The van der Waals surface area contributed by atoms with Crippen LogP contribution in [0.3, 0.4) is 0 Å². The third-order valence-electron chi connectivity index (χ3n) is 6.31. The van der Waals surface area contributed by atoms with Crippen LogP contribution in [0.2, 0.25) is 0 Å². The zero-order valence-corrected chi connectivity index (χ0v) is 23.0. The molecule has 0 fully saturated rings. The Balaban J connectivity index is 0.000000319. The van der Waals surface area contributed by atoms with E-state index < -0.39 is 30.1 Å². The Bertz CT molecular complexity index is 1290. The second kappa shape index (κ2) is 14.5. The fourth-order valence-corrected chi connectivity index (χ4v) is 4.20. The molecule has 0 aliphatic rings. The van der Waals surface area contributed by atoms with Crippen LogP contribution >= 0.6 is 0 Å². The lowest BCUT2D eigenvalue weighted by molar-refractivity contribution is -0.139. The largest absolute Gasteiger partial charge is 0.508 e. The molecule has 0 aromatic heterocycles. The molecule has 0 saturated carbocycles. The first-order valence-electron chi connectivity index (χ1n) is 12.5. The number of nitrogens with two attached hydrogens (primary N) is 1. The first-order valence-corrected chi connectivity index (χ1v) is 12.5. The van der Waals surface area contributed by atoms with Gasteiger partial charge in [0.05, 0.1) is 0 Å². The van der Waals surface area contributed by atoms with Crippen molar-refractivity contribution in [3.05, 3.63) is 93.5 Å². The summed E-state index contributed by atoms with van der Waals surface area (Å²) in [5, 5.41) is 39.4. The molecule has 10 heteroatoms. The van der Waals surface area contributed by atoms with Crippen LogP contribution in [0.25, 0.3) is 0 Å². The molecule has 0 radical (unpaired) electrons. The summed E-state index contributed by atoms with van der Waals surface area (Å²) in [6.07, 6.45) is -0.397. The molecule has 0 aliphatic heterocycles. The van der Waals surface area contributed by atoms with Gasteiger partial charge in [0.15, 0.2) is 0 Å². The predicted octanol–water partition coefficient (Wildman–Crippen LogP) is 3.89. The minimum Gasteiger partial charge on any atom is -0.508 e. The molecule has 3 aromatic rings. The van der Waals surface area contributed by atoms with Gasteiger partial charge in [-0.05, 0) is 97.3 Å². The van der Waals surface area contributed by atoms with Gasteiger partial charge in [-0.15, -0.1) is 0 Å². The SMILES string of the molecule is Cc1cc(O)cc(C)c1CC(N)C(=O)O.Cc1cc(O)cc(C)c1CC(NC(=O)OCc1ccccc1)C(=O)O. The van der Waals surface area contributed by atoms with Crippen molar-refractivity contribution in [3.8, 4) is 11.5 Å². The monoisotopic (exact) mass is 552 g/mol. The molecule has 7 N–H and O–H groups in total. The molecular formula is C30H36N2O8. The molecule has 1 amide bonds. The lowest BCUT2D eigenvalue weighted by atomic mass is 9.96. The van der Waals surface area contributed by atoms with Gasteiger partial charge in [-0.3, -0.25) is 4.79 Å². The molecule has 10 nitrogen and oxygen atoms in total. The number of aliphatic carboxylic acids is 2. The minimum absolute atomic E-state index is 0.0658. The molecule has 2 atom stereocenters. The summed E-state index contributed by atoms with van der Waals surface area (Å²) in [6, 6.07) is 13.5. The van der Waals surface area contributed by atoms with Crippen molar-refractivity contribution in [2.45, 2.75) is 59.2 Å². The molecular weight excluding hydrogens is 516 g/mol. The van der Waals surface area contributed by atoms with Gasteiger partial charge >= 0.3 is 18.0 Å². The van der Waals surface area contributed by atoms with Gasteiger partial charge < -0.3 is 36.2 Å². The standard InChI is InChI=1S/C19H21NO5.C11H15NO3/c1-12-8-15(21)9-13(2)16(12)10-17(18(22)23)20-19(24)25-11-14-6-4-3-5-7-14;1-6-3-8(13)4-7(2)9(6)5-10(12)11(14)15/h3-9,17,21H,10-11H2,1-2H3,(H,20,24)(H,22,23);3-4,10,13H,5,12H2,1-2H3,(H,14,15). The number of nitrogens with one attached hydrogen (secondary N) is 1. The van der Waals surface area contributed by atoms with Crippen LogP contribution in [0, 0.1) is 27.7 Å². The number of hydrogen-bond donors (Lipinski definition) is 6. The normalized spacial score (nSPS) is 11.9. The maximum atomic E-state index is 11.9. The van der Waals surface area contributed by atoms with E-state index in [1.807, 2.05) is 44.2 Å². The summed E-state index contributed by atoms with van der Waals surface area (Å²) in [7, 11) is 0. The van der Waals surface area contributed by atoms with Crippen LogP contribution < -0.4 is 11.1 Å². The summed E-state index contributed by atoms with van der Waals surface area (Å²) < 4.78 is 5.07. The van der Waals surface area contributed by atoms with Crippen LogP contribution in [-0.4, -0.2) is 50.5 Å². The lowest BCUT2D eigenvalue weighted by Gasteiger charge is -2.17. The van der Waals surface area contributed by atoms with E-state index in [1.54, 1.807) is 38.1 Å². The predicted molar refractivity (Wildman–Crippen MR) is 149 cm³/mol. The summed E-state index contributed by atoms with van der Waals surface area (Å²) in [4.78, 5) is 34.0. The van der Waals surface area contributed by atoms with Crippen molar-refractivity contribution in [2.24, 2.45) is 5.73 Å². The number of ether oxygens (including phenoxy) is 1. The third kappa shape index (κ3) is 9.63. The van der Waals surface area contributed by atoms with Crippen LogP contribution in [0.5, 0.6) is 11.5 Å². The maximum Gasteiger partial charge on any atom is 0.408 e. The molecule has 40 heavy (non-hydrogen) atoms. The van der Waals surface area contributed by atoms with E-state index in [2.05, 4.69) is 5.32 Å². The van der Waals surface area contributed by atoms with E-state index >= 15 is 0 Å². The van der Waals surface area contributed by atoms with Crippen molar-refractivity contribution in [1.82, 2.24) is 5.32 Å². The van der Waals surface area contributed by atoms with Gasteiger partial charge in [-0.2, -0.15) is 0 Å². The van der Waals surface area contributed by atoms with E-state index in [0.717, 1.165) is 38.9 Å². The quantitative estimate of drug-likeness (QED) is 0.230. The number of alkyl carbamates (subject to hydrolysis) is 1. The fraction of sp³-hybridized carbons (Fsp3) is 0.300. The van der Waals surface area contributed by atoms with Gasteiger partial charge in [-0.25, -0.2) is 9.59 Å². The Labute approximate surface area is 233 Å². The smallest absolute Gasteiger partial charge is 0.408 e. The zero-order valence-electron chi connectivity index (χ0n) is 23.0. The molecule has 0 saturated heterocycles. The zero-order chi connectivity index (χ0) is 30.0. The number of carbonyl (C=O) groups excluding carboxylic acids is 1. The van der Waals surface area contributed by atoms with Crippen molar-refractivity contribution in [3.63, 3.8) is 0 Å². The highest BCUT2D eigenvalue weighted by Crippen LogP contribution is 2.23. The summed E-state index contributed by atoms with van der Waals surface area (Å²) in [5.74, 6) is -1.84. The number of aromatic hydroxyl groups is 2. The molecule has 3 rings (SSSR count). The highest BCUT2D eigenvalue weighted by atomic mass is 16.5. The highest BCUT2D eigenvalue weighted by Gasteiger charge is 2.23.